The molecule has 0 radical (unpaired) electrons. The van der Waals surface area contributed by atoms with Crippen molar-refractivity contribution in [3.05, 3.63) is 29.8 Å². The number of carbonyl (C=O) groups is 1. The molecule has 0 aliphatic heterocycles. The van der Waals surface area contributed by atoms with Crippen LogP contribution in [0, 0.1) is 4.78 Å². The molecule has 0 aromatic heterocycles. The molecule has 0 saturated heterocycles. The Balaban J connectivity index is 2.92. The molecule has 0 fully saturated rings. The van der Waals surface area contributed by atoms with Gasteiger partial charge in [0.15, 0.2) is 8.94 Å². The van der Waals surface area contributed by atoms with E-state index in [-0.39, 0.29) is 4.90 Å². The molecule has 0 aliphatic carbocycles. The van der Waals surface area contributed by atoms with Crippen LogP contribution in [-0.2, 0) is 18.5 Å². The van der Waals surface area contributed by atoms with E-state index in [1.807, 2.05) is 0 Å². The highest BCUT2D eigenvalue weighted by Gasteiger charge is 2.18. The number of carbonyl (C=O) groups excluding carboxylic acids is 1. The fraction of sp³-hybridized carbons (Fsp3) is 0.300. The van der Waals surface area contributed by atoms with Crippen molar-refractivity contribution in [1.82, 2.24) is 0 Å². The molecule has 0 amide bonds. The number of ether oxygens (including phenoxy) is 1. The maximum Gasteiger partial charge on any atom is 0.324 e. The Morgan fingerprint density at radius 2 is 2.06 bits per heavy atom. The van der Waals surface area contributed by atoms with E-state index >= 15 is 0 Å². The van der Waals surface area contributed by atoms with Crippen molar-refractivity contribution >= 4 is 41.5 Å². The molecule has 1 aromatic carbocycles. The van der Waals surface area contributed by atoms with Crippen LogP contribution in [0.2, 0.25) is 0 Å². The summed E-state index contributed by atoms with van der Waals surface area (Å²) in [5.41, 5.74) is 0.660. The Kier molecular flexibility index (Phi) is 4.97. The van der Waals surface area contributed by atoms with Crippen LogP contribution < -0.4 is 0 Å². The van der Waals surface area contributed by atoms with E-state index in [1.54, 1.807) is 19.1 Å². The van der Waals surface area contributed by atoms with Crippen molar-refractivity contribution in [2.75, 3.05) is 6.61 Å². The topological polar surface area (TPSA) is 67.2 Å². The highest BCUT2D eigenvalue weighted by atomic mass is 79.9. The molecular weight excluding hydrogens is 330 g/mol. The van der Waals surface area contributed by atoms with Gasteiger partial charge >= 0.3 is 5.97 Å². The minimum Gasteiger partial charge on any atom is -0.465 e. The predicted octanol–water partition coefficient (Wildman–Crippen LogP) is 3.25. The van der Waals surface area contributed by atoms with Crippen molar-refractivity contribution < 1.29 is 13.7 Å². The molecule has 2 unspecified atom stereocenters. The van der Waals surface area contributed by atoms with Gasteiger partial charge in [-0.05, 0) is 24.6 Å². The second-order valence-electron chi connectivity index (χ2n) is 3.17. The Labute approximate surface area is 113 Å². The summed E-state index contributed by atoms with van der Waals surface area (Å²) in [5, 5.41) is 0. The molecule has 0 saturated carbocycles. The molecule has 4 nitrogen and oxygen atoms in total. The Bertz CT molecular complexity index is 501. The second-order valence-corrected chi connectivity index (χ2v) is 6.83. The molecule has 0 aliphatic rings. The zero-order chi connectivity index (χ0) is 13.1. The fourth-order valence-electron chi connectivity index (χ4n) is 1.16. The van der Waals surface area contributed by atoms with Crippen molar-refractivity contribution in [1.29, 1.82) is 4.78 Å². The van der Waals surface area contributed by atoms with Gasteiger partial charge in [-0.3, -0.25) is 4.79 Å². The van der Waals surface area contributed by atoms with Crippen LogP contribution in [0.5, 0.6) is 0 Å². The lowest BCUT2D eigenvalue weighted by Crippen LogP contribution is -2.10. The van der Waals surface area contributed by atoms with Gasteiger partial charge in [-0.2, -0.15) is 0 Å². The van der Waals surface area contributed by atoms with Crippen molar-refractivity contribution in [3.8, 4) is 0 Å². The molecule has 1 aromatic rings. The van der Waals surface area contributed by atoms with Crippen LogP contribution in [0.4, 0.5) is 0 Å². The SMILES string of the molecule is CCOC(=O)C(Br)c1ccc(S(=N)(=O)Cl)cc1. The van der Waals surface area contributed by atoms with E-state index in [0.717, 1.165) is 0 Å². The maximum atomic E-state index is 11.4. The number of hydrogen-bond acceptors (Lipinski definition) is 4. The summed E-state index contributed by atoms with van der Waals surface area (Å²) in [6.45, 7) is 2.03. The molecule has 0 spiro atoms. The van der Waals surface area contributed by atoms with E-state index in [4.69, 9.17) is 20.2 Å². The summed E-state index contributed by atoms with van der Waals surface area (Å²) in [6, 6.07) is 6.10. The number of rotatable bonds is 4. The average molecular weight is 341 g/mol. The summed E-state index contributed by atoms with van der Waals surface area (Å²) in [7, 11) is 2.16. The number of benzene rings is 1. The van der Waals surface area contributed by atoms with Crippen molar-refractivity contribution in [2.24, 2.45) is 0 Å². The quantitative estimate of drug-likeness (QED) is 0.520. The third kappa shape index (κ3) is 3.97. The molecule has 0 bridgehead atoms. The van der Waals surface area contributed by atoms with Gasteiger partial charge in [0.05, 0.1) is 11.5 Å². The lowest BCUT2D eigenvalue weighted by molar-refractivity contribution is -0.142. The summed E-state index contributed by atoms with van der Waals surface area (Å²) >= 11 is 3.20. The Morgan fingerprint density at radius 1 is 1.53 bits per heavy atom. The first-order chi connectivity index (χ1) is 7.86. The summed E-state index contributed by atoms with van der Waals surface area (Å²) < 4.78 is 23.3. The van der Waals surface area contributed by atoms with Gasteiger partial charge in [-0.25, -0.2) is 8.99 Å². The molecule has 1 N–H and O–H groups in total. The second kappa shape index (κ2) is 5.84. The van der Waals surface area contributed by atoms with Gasteiger partial charge < -0.3 is 4.74 Å². The predicted molar refractivity (Wildman–Crippen MR) is 69.7 cm³/mol. The van der Waals surface area contributed by atoms with E-state index in [2.05, 4.69) is 15.9 Å². The lowest BCUT2D eigenvalue weighted by Gasteiger charge is -2.09. The molecule has 7 heteroatoms. The standard InChI is InChI=1S/C10H11BrClNO3S/c1-2-16-10(14)9(11)7-3-5-8(6-4-7)17(12,13)15/h3-6,9,13H,2H2,1H3. The van der Waals surface area contributed by atoms with Gasteiger partial charge in [0.1, 0.15) is 4.83 Å². The average Bonchev–Trinajstić information content (AvgIpc) is 2.27. The van der Waals surface area contributed by atoms with Gasteiger partial charge in [-0.15, -0.1) is 0 Å². The largest absolute Gasteiger partial charge is 0.465 e. The van der Waals surface area contributed by atoms with E-state index in [1.165, 1.54) is 12.1 Å². The monoisotopic (exact) mass is 339 g/mol. The third-order valence-corrected chi connectivity index (χ3v) is 4.28. The molecule has 1 rings (SSSR count). The van der Waals surface area contributed by atoms with Crippen LogP contribution in [0.3, 0.4) is 0 Å². The van der Waals surface area contributed by atoms with Crippen LogP contribution in [0.15, 0.2) is 29.2 Å². The van der Waals surface area contributed by atoms with Crippen LogP contribution in [-0.4, -0.2) is 16.8 Å². The van der Waals surface area contributed by atoms with E-state index < -0.39 is 19.7 Å². The van der Waals surface area contributed by atoms with Gasteiger partial charge in [0.25, 0.3) is 0 Å². The number of halogens is 2. The highest BCUT2D eigenvalue weighted by Crippen LogP contribution is 2.26. The zero-order valence-corrected chi connectivity index (χ0v) is 12.1. The minimum absolute atomic E-state index is 0.214. The van der Waals surface area contributed by atoms with E-state index in [9.17, 15) is 9.00 Å². The molecule has 94 valence electrons. The maximum absolute atomic E-state index is 11.4. The number of nitrogens with one attached hydrogen (secondary N) is 1. The molecule has 0 heterocycles. The van der Waals surface area contributed by atoms with E-state index in [0.29, 0.717) is 12.2 Å². The van der Waals surface area contributed by atoms with Gasteiger partial charge in [0, 0.05) is 10.7 Å². The first-order valence-electron chi connectivity index (χ1n) is 4.75. The first kappa shape index (κ1) is 14.5. The van der Waals surface area contributed by atoms with Crippen LogP contribution >= 0.6 is 26.6 Å². The molecular formula is C10H11BrClNO3S. The third-order valence-electron chi connectivity index (χ3n) is 1.97. The zero-order valence-electron chi connectivity index (χ0n) is 8.98. The summed E-state index contributed by atoms with van der Waals surface area (Å²) in [6.07, 6.45) is 0. The number of esters is 1. The van der Waals surface area contributed by atoms with Gasteiger partial charge in [-0.1, -0.05) is 28.1 Å². The molecule has 2 atom stereocenters. The number of hydrogen-bond donors (Lipinski definition) is 1. The molecule has 17 heavy (non-hydrogen) atoms. The van der Waals surface area contributed by atoms with Crippen LogP contribution in [0.1, 0.15) is 17.3 Å². The van der Waals surface area contributed by atoms with Crippen LogP contribution in [0.25, 0.3) is 0 Å². The Hall–Kier alpha value is -0.590. The number of alkyl halides is 1. The van der Waals surface area contributed by atoms with Gasteiger partial charge in [0.2, 0.25) is 0 Å². The Morgan fingerprint density at radius 3 is 2.47 bits per heavy atom. The smallest absolute Gasteiger partial charge is 0.324 e. The lowest BCUT2D eigenvalue weighted by atomic mass is 10.1. The fourth-order valence-corrected chi connectivity index (χ4v) is 2.40. The minimum atomic E-state index is -3.24. The van der Waals surface area contributed by atoms with Crippen molar-refractivity contribution in [3.63, 3.8) is 0 Å². The first-order valence-corrected chi connectivity index (χ1v) is 8.05. The summed E-state index contributed by atoms with van der Waals surface area (Å²) in [5.74, 6) is -0.391. The highest BCUT2D eigenvalue weighted by molar-refractivity contribution is 9.09. The van der Waals surface area contributed by atoms with Crippen molar-refractivity contribution in [2.45, 2.75) is 16.6 Å². The summed E-state index contributed by atoms with van der Waals surface area (Å²) in [4.78, 5) is 11.1. The normalized spacial score (nSPS) is 15.9.